The first-order valence-corrected chi connectivity index (χ1v) is 5.36. The first kappa shape index (κ1) is 9.93. The lowest BCUT2D eigenvalue weighted by Crippen LogP contribution is -2.53. The van der Waals surface area contributed by atoms with E-state index in [0.717, 1.165) is 25.8 Å². The second kappa shape index (κ2) is 4.28. The summed E-state index contributed by atoms with van der Waals surface area (Å²) < 4.78 is 4.77. The lowest BCUT2D eigenvalue weighted by atomic mass is 9.99. The van der Waals surface area contributed by atoms with Crippen LogP contribution in [-0.4, -0.2) is 49.7 Å². The van der Waals surface area contributed by atoms with Crippen LogP contribution in [0.5, 0.6) is 0 Å². The zero-order valence-corrected chi connectivity index (χ0v) is 8.66. The number of carbonyl (C=O) groups excluding carboxylic acids is 1. The molecule has 0 aliphatic carbocycles. The van der Waals surface area contributed by atoms with Gasteiger partial charge in [0.15, 0.2) is 0 Å². The highest BCUT2D eigenvalue weighted by molar-refractivity contribution is 5.75. The molecule has 0 aromatic carbocycles. The van der Waals surface area contributed by atoms with Crippen LogP contribution in [0.2, 0.25) is 0 Å². The molecule has 0 amide bonds. The molecular weight excluding hydrogens is 180 g/mol. The number of nitrogens with one attached hydrogen (secondary N) is 1. The Balaban J connectivity index is 1.98. The molecule has 4 heteroatoms. The molecule has 1 atom stereocenters. The summed E-state index contributed by atoms with van der Waals surface area (Å²) >= 11 is 0. The topological polar surface area (TPSA) is 41.6 Å². The third-order valence-corrected chi connectivity index (χ3v) is 3.24. The van der Waals surface area contributed by atoms with Gasteiger partial charge in [0.25, 0.3) is 0 Å². The van der Waals surface area contributed by atoms with Gasteiger partial charge < -0.3 is 15.0 Å². The van der Waals surface area contributed by atoms with Crippen molar-refractivity contribution in [2.24, 2.45) is 0 Å². The quantitative estimate of drug-likeness (QED) is 0.602. The Kier molecular flexibility index (Phi) is 3.03. The Morgan fingerprint density at radius 1 is 1.29 bits per heavy atom. The SMILES string of the molecule is COC(=O)C1CCN2CCC(CC2)N1. The van der Waals surface area contributed by atoms with Gasteiger partial charge in [0, 0.05) is 12.6 Å². The summed E-state index contributed by atoms with van der Waals surface area (Å²) in [6.07, 6.45) is 3.20. The van der Waals surface area contributed by atoms with Crippen molar-refractivity contribution in [3.63, 3.8) is 0 Å². The molecule has 0 radical (unpaired) electrons. The van der Waals surface area contributed by atoms with Crippen molar-refractivity contribution < 1.29 is 9.53 Å². The van der Waals surface area contributed by atoms with Crippen LogP contribution in [0.15, 0.2) is 0 Å². The molecular formula is C10H18N2O2. The largest absolute Gasteiger partial charge is 0.468 e. The predicted octanol–water partition coefficient (Wildman–Crippen LogP) is -0.0143. The molecule has 0 saturated carbocycles. The number of piperidine rings is 1. The van der Waals surface area contributed by atoms with E-state index in [9.17, 15) is 4.79 Å². The van der Waals surface area contributed by atoms with E-state index in [1.54, 1.807) is 0 Å². The van der Waals surface area contributed by atoms with Gasteiger partial charge in [0.1, 0.15) is 6.04 Å². The third-order valence-electron chi connectivity index (χ3n) is 3.24. The van der Waals surface area contributed by atoms with Gasteiger partial charge in [-0.25, -0.2) is 0 Å². The van der Waals surface area contributed by atoms with E-state index in [0.29, 0.717) is 6.04 Å². The molecule has 3 aliphatic rings. The number of fused-ring (bicyclic) bond motifs is 5. The Morgan fingerprint density at radius 3 is 2.57 bits per heavy atom. The highest BCUT2D eigenvalue weighted by Crippen LogP contribution is 2.16. The molecule has 14 heavy (non-hydrogen) atoms. The van der Waals surface area contributed by atoms with Crippen LogP contribution >= 0.6 is 0 Å². The number of carbonyl (C=O) groups is 1. The summed E-state index contributed by atoms with van der Waals surface area (Å²) in [5.74, 6) is -0.112. The smallest absolute Gasteiger partial charge is 0.322 e. The molecule has 80 valence electrons. The standard InChI is InChI=1S/C10H18N2O2/c1-14-10(13)9-4-7-12-5-2-8(11-9)3-6-12/h8-9,11H,2-7H2,1H3. The van der Waals surface area contributed by atoms with Gasteiger partial charge in [0.2, 0.25) is 0 Å². The Morgan fingerprint density at radius 2 is 1.93 bits per heavy atom. The van der Waals surface area contributed by atoms with Gasteiger partial charge >= 0.3 is 5.97 Å². The highest BCUT2D eigenvalue weighted by atomic mass is 16.5. The Bertz CT molecular complexity index is 212. The number of nitrogens with zero attached hydrogens (tertiary/aromatic N) is 1. The van der Waals surface area contributed by atoms with E-state index < -0.39 is 0 Å². The first-order valence-electron chi connectivity index (χ1n) is 5.36. The van der Waals surface area contributed by atoms with E-state index in [-0.39, 0.29) is 12.0 Å². The maximum absolute atomic E-state index is 11.4. The average Bonchev–Trinajstić information content (AvgIpc) is 2.18. The minimum Gasteiger partial charge on any atom is -0.468 e. The molecule has 1 N–H and O–H groups in total. The molecule has 1 unspecified atom stereocenters. The summed E-state index contributed by atoms with van der Waals surface area (Å²) in [4.78, 5) is 13.8. The van der Waals surface area contributed by atoms with Gasteiger partial charge in [-0.05, 0) is 32.4 Å². The van der Waals surface area contributed by atoms with Crippen LogP contribution in [0.1, 0.15) is 19.3 Å². The second-order valence-electron chi connectivity index (χ2n) is 4.15. The van der Waals surface area contributed by atoms with Gasteiger partial charge in [-0.2, -0.15) is 0 Å². The second-order valence-corrected chi connectivity index (χ2v) is 4.15. The van der Waals surface area contributed by atoms with E-state index in [4.69, 9.17) is 4.74 Å². The zero-order valence-electron chi connectivity index (χ0n) is 8.66. The molecule has 0 aromatic heterocycles. The Labute approximate surface area is 84.6 Å². The van der Waals surface area contributed by atoms with Crippen molar-refractivity contribution in [3.8, 4) is 0 Å². The maximum Gasteiger partial charge on any atom is 0.322 e. The minimum absolute atomic E-state index is 0.0897. The van der Waals surface area contributed by atoms with E-state index in [1.807, 2.05) is 0 Å². The molecule has 4 nitrogen and oxygen atoms in total. The monoisotopic (exact) mass is 198 g/mol. The summed E-state index contributed by atoms with van der Waals surface area (Å²) in [6.45, 7) is 3.36. The molecule has 0 spiro atoms. The number of esters is 1. The van der Waals surface area contributed by atoms with Crippen LogP contribution in [-0.2, 0) is 9.53 Å². The van der Waals surface area contributed by atoms with Crippen molar-refractivity contribution in [1.82, 2.24) is 10.2 Å². The van der Waals surface area contributed by atoms with Crippen molar-refractivity contribution in [2.45, 2.75) is 31.3 Å². The molecule has 3 fully saturated rings. The van der Waals surface area contributed by atoms with Crippen LogP contribution < -0.4 is 5.32 Å². The fourth-order valence-electron chi connectivity index (χ4n) is 2.33. The maximum atomic E-state index is 11.4. The fourth-order valence-corrected chi connectivity index (χ4v) is 2.33. The lowest BCUT2D eigenvalue weighted by Gasteiger charge is -2.38. The van der Waals surface area contributed by atoms with Crippen molar-refractivity contribution in [2.75, 3.05) is 26.7 Å². The lowest BCUT2D eigenvalue weighted by molar-refractivity contribution is -0.144. The van der Waals surface area contributed by atoms with E-state index in [2.05, 4.69) is 10.2 Å². The van der Waals surface area contributed by atoms with Crippen molar-refractivity contribution >= 4 is 5.97 Å². The number of hydrogen-bond acceptors (Lipinski definition) is 4. The fraction of sp³-hybridized carbons (Fsp3) is 0.900. The first-order chi connectivity index (χ1) is 6.79. The van der Waals surface area contributed by atoms with Gasteiger partial charge in [-0.1, -0.05) is 0 Å². The summed E-state index contributed by atoms with van der Waals surface area (Å²) in [6, 6.07) is 0.420. The molecule has 3 aliphatic heterocycles. The number of hydrogen-bond donors (Lipinski definition) is 1. The molecule has 3 saturated heterocycles. The summed E-state index contributed by atoms with van der Waals surface area (Å²) in [7, 11) is 1.46. The summed E-state index contributed by atoms with van der Waals surface area (Å²) in [5.41, 5.74) is 0. The minimum atomic E-state index is -0.112. The molecule has 3 rings (SSSR count). The normalized spacial score (nSPS) is 37.4. The Hall–Kier alpha value is -0.610. The van der Waals surface area contributed by atoms with E-state index in [1.165, 1.54) is 20.2 Å². The van der Waals surface area contributed by atoms with Crippen LogP contribution in [0.25, 0.3) is 0 Å². The van der Waals surface area contributed by atoms with Gasteiger partial charge in [0.05, 0.1) is 7.11 Å². The average molecular weight is 198 g/mol. The number of rotatable bonds is 1. The van der Waals surface area contributed by atoms with Crippen molar-refractivity contribution in [3.05, 3.63) is 0 Å². The predicted molar refractivity (Wildman–Crippen MR) is 53.0 cm³/mol. The number of ether oxygens (including phenoxy) is 1. The van der Waals surface area contributed by atoms with Crippen LogP contribution in [0.4, 0.5) is 0 Å². The summed E-state index contributed by atoms with van der Waals surface area (Å²) in [5, 5.41) is 3.39. The third kappa shape index (κ3) is 2.07. The molecule has 3 heterocycles. The zero-order chi connectivity index (χ0) is 9.97. The molecule has 0 aromatic rings. The highest BCUT2D eigenvalue weighted by Gasteiger charge is 2.29. The number of methoxy groups -OCH3 is 1. The van der Waals surface area contributed by atoms with Gasteiger partial charge in [-0.3, -0.25) is 4.79 Å². The van der Waals surface area contributed by atoms with E-state index >= 15 is 0 Å². The van der Waals surface area contributed by atoms with Crippen molar-refractivity contribution in [1.29, 1.82) is 0 Å². The molecule has 2 bridgehead atoms. The van der Waals surface area contributed by atoms with Crippen LogP contribution in [0.3, 0.4) is 0 Å². The van der Waals surface area contributed by atoms with Crippen LogP contribution in [0, 0.1) is 0 Å². The van der Waals surface area contributed by atoms with Gasteiger partial charge in [-0.15, -0.1) is 0 Å².